The number of urea groups is 1. The van der Waals surface area contributed by atoms with Gasteiger partial charge in [-0.1, -0.05) is 24.3 Å². The summed E-state index contributed by atoms with van der Waals surface area (Å²) >= 11 is 0. The van der Waals surface area contributed by atoms with Crippen molar-refractivity contribution >= 4 is 16.1 Å². The zero-order valence-corrected chi connectivity index (χ0v) is 17.0. The number of hydrogen-bond acceptors (Lipinski definition) is 4. The monoisotopic (exact) mass is 409 g/mol. The Kier molecular flexibility index (Phi) is 6.98. The largest absolute Gasteiger partial charge is 0.494 e. The van der Waals surface area contributed by atoms with Gasteiger partial charge >= 0.3 is 6.03 Å². The molecule has 0 fully saturated rings. The number of rotatable bonds is 7. The van der Waals surface area contributed by atoms with E-state index in [4.69, 9.17) is 4.74 Å². The van der Waals surface area contributed by atoms with Crippen molar-refractivity contribution in [3.63, 3.8) is 0 Å². The van der Waals surface area contributed by atoms with Gasteiger partial charge in [-0.25, -0.2) is 21.9 Å². The Morgan fingerprint density at radius 3 is 2.50 bits per heavy atom. The minimum atomic E-state index is -3.62. The summed E-state index contributed by atoms with van der Waals surface area (Å²) in [5, 5.41) is 5.33. The van der Waals surface area contributed by atoms with Crippen LogP contribution in [-0.4, -0.2) is 40.0 Å². The second kappa shape index (κ2) is 9.03. The summed E-state index contributed by atoms with van der Waals surface area (Å²) in [5.74, 6) is -0.393. The van der Waals surface area contributed by atoms with Crippen molar-refractivity contribution in [2.75, 3.05) is 21.2 Å². The van der Waals surface area contributed by atoms with Gasteiger partial charge in [-0.05, 0) is 36.2 Å². The van der Waals surface area contributed by atoms with Crippen LogP contribution in [0.15, 0.2) is 47.4 Å². The van der Waals surface area contributed by atoms with Gasteiger partial charge in [0.25, 0.3) is 0 Å². The molecular weight excluding hydrogens is 385 g/mol. The molecule has 2 N–H and O–H groups in total. The highest BCUT2D eigenvalue weighted by atomic mass is 32.2. The highest BCUT2D eigenvalue weighted by Gasteiger charge is 2.21. The molecule has 0 saturated carbocycles. The smallest absolute Gasteiger partial charge is 0.315 e. The minimum absolute atomic E-state index is 0.0266. The van der Waals surface area contributed by atoms with E-state index in [2.05, 4.69) is 10.6 Å². The van der Waals surface area contributed by atoms with Crippen LogP contribution in [0.25, 0.3) is 0 Å². The van der Waals surface area contributed by atoms with Gasteiger partial charge in [-0.15, -0.1) is 0 Å². The molecule has 2 aromatic rings. The van der Waals surface area contributed by atoms with Crippen molar-refractivity contribution in [3.05, 3.63) is 59.4 Å². The topological polar surface area (TPSA) is 87.7 Å². The Labute approximate surface area is 164 Å². The van der Waals surface area contributed by atoms with Gasteiger partial charge in [0.2, 0.25) is 10.0 Å². The summed E-state index contributed by atoms with van der Waals surface area (Å²) < 4.78 is 44.6. The van der Waals surface area contributed by atoms with E-state index in [1.54, 1.807) is 31.2 Å². The molecule has 2 rings (SSSR count). The predicted octanol–water partition coefficient (Wildman–Crippen LogP) is 2.65. The third-order valence-electron chi connectivity index (χ3n) is 4.19. The molecule has 0 aliphatic rings. The highest BCUT2D eigenvalue weighted by Crippen LogP contribution is 2.22. The minimum Gasteiger partial charge on any atom is -0.494 e. The van der Waals surface area contributed by atoms with E-state index in [1.165, 1.54) is 39.4 Å². The van der Waals surface area contributed by atoms with Crippen molar-refractivity contribution < 1.29 is 22.3 Å². The summed E-state index contributed by atoms with van der Waals surface area (Å²) in [5.41, 5.74) is 1.04. The summed E-state index contributed by atoms with van der Waals surface area (Å²) in [6.07, 6.45) is 0. The highest BCUT2D eigenvalue weighted by molar-refractivity contribution is 7.89. The molecule has 0 bridgehead atoms. The first-order valence-electron chi connectivity index (χ1n) is 8.55. The summed E-state index contributed by atoms with van der Waals surface area (Å²) in [7, 11) is 0.644. The van der Waals surface area contributed by atoms with E-state index >= 15 is 0 Å². The van der Waals surface area contributed by atoms with Crippen molar-refractivity contribution in [1.29, 1.82) is 0 Å². The second-order valence-electron chi connectivity index (χ2n) is 6.34. The Morgan fingerprint density at radius 2 is 1.89 bits per heavy atom. The standard InChI is InChI=1S/C19H24FN3O4S/c1-13(14-9-10-17(27-4)16(20)11-14)22-19(24)21-12-15-7-5-6-8-18(15)28(25,26)23(2)3/h5-11,13H,12H2,1-4H3,(H2,21,22,24)/t13-/m1/s1. The molecule has 0 aliphatic heterocycles. The van der Waals surface area contributed by atoms with Gasteiger partial charge in [0.05, 0.1) is 18.0 Å². The van der Waals surface area contributed by atoms with Crippen LogP contribution < -0.4 is 15.4 Å². The van der Waals surface area contributed by atoms with Crippen LogP contribution in [0.1, 0.15) is 24.1 Å². The number of methoxy groups -OCH3 is 1. The van der Waals surface area contributed by atoms with E-state index in [-0.39, 0.29) is 17.2 Å². The average Bonchev–Trinajstić information content (AvgIpc) is 2.66. The molecule has 0 aromatic heterocycles. The molecule has 2 amide bonds. The molecule has 0 spiro atoms. The molecule has 0 aliphatic carbocycles. The van der Waals surface area contributed by atoms with E-state index in [1.807, 2.05) is 0 Å². The third-order valence-corrected chi connectivity index (χ3v) is 6.11. The maximum Gasteiger partial charge on any atom is 0.315 e. The average molecular weight is 409 g/mol. The number of hydrogen-bond donors (Lipinski definition) is 2. The maximum atomic E-state index is 13.8. The molecule has 0 heterocycles. The summed E-state index contributed by atoms with van der Waals surface area (Å²) in [6, 6.07) is 9.94. The number of amides is 2. The number of nitrogens with zero attached hydrogens (tertiary/aromatic N) is 1. The molecule has 2 aromatic carbocycles. The van der Waals surface area contributed by atoms with Crippen molar-refractivity contribution in [1.82, 2.24) is 14.9 Å². The first-order chi connectivity index (χ1) is 13.2. The number of ether oxygens (including phenoxy) is 1. The van der Waals surface area contributed by atoms with Gasteiger partial charge in [0.15, 0.2) is 11.6 Å². The van der Waals surface area contributed by atoms with Crippen LogP contribution in [0.5, 0.6) is 5.75 Å². The van der Waals surface area contributed by atoms with Crippen molar-refractivity contribution in [3.8, 4) is 5.75 Å². The van der Waals surface area contributed by atoms with Crippen LogP contribution in [0.3, 0.4) is 0 Å². The molecule has 0 saturated heterocycles. The lowest BCUT2D eigenvalue weighted by Gasteiger charge is -2.18. The third kappa shape index (κ3) is 4.99. The number of sulfonamides is 1. The SMILES string of the molecule is COc1ccc([C@@H](C)NC(=O)NCc2ccccc2S(=O)(=O)N(C)C)cc1F. The number of carbonyl (C=O) groups is 1. The lowest BCUT2D eigenvalue weighted by atomic mass is 10.1. The predicted molar refractivity (Wildman–Crippen MR) is 104 cm³/mol. The van der Waals surface area contributed by atoms with Crippen molar-refractivity contribution in [2.24, 2.45) is 0 Å². The van der Waals surface area contributed by atoms with Gasteiger partial charge in [-0.3, -0.25) is 0 Å². The summed E-state index contributed by atoms with van der Waals surface area (Å²) in [6.45, 7) is 1.74. The Hall–Kier alpha value is -2.65. The first kappa shape index (κ1) is 21.6. The zero-order valence-electron chi connectivity index (χ0n) is 16.2. The molecular formula is C19H24FN3O4S. The number of carbonyl (C=O) groups excluding carboxylic acids is 1. The van der Waals surface area contributed by atoms with E-state index in [9.17, 15) is 17.6 Å². The van der Waals surface area contributed by atoms with Crippen LogP contribution in [0.4, 0.5) is 9.18 Å². The van der Waals surface area contributed by atoms with Crippen LogP contribution in [0.2, 0.25) is 0 Å². The molecule has 152 valence electrons. The Bertz CT molecular complexity index is 948. The first-order valence-corrected chi connectivity index (χ1v) is 9.99. The fourth-order valence-electron chi connectivity index (χ4n) is 2.56. The normalized spacial score (nSPS) is 12.5. The van der Waals surface area contributed by atoms with E-state index < -0.39 is 27.9 Å². The van der Waals surface area contributed by atoms with Gasteiger partial charge in [0.1, 0.15) is 0 Å². The van der Waals surface area contributed by atoms with Gasteiger partial charge in [0, 0.05) is 20.6 Å². The quantitative estimate of drug-likeness (QED) is 0.736. The fraction of sp³-hybridized carbons (Fsp3) is 0.316. The van der Waals surface area contributed by atoms with Crippen molar-refractivity contribution in [2.45, 2.75) is 24.4 Å². The summed E-state index contributed by atoms with van der Waals surface area (Å²) in [4.78, 5) is 12.3. The molecule has 0 unspecified atom stereocenters. The number of halogens is 1. The Balaban J connectivity index is 2.04. The molecule has 28 heavy (non-hydrogen) atoms. The zero-order chi connectivity index (χ0) is 20.9. The second-order valence-corrected chi connectivity index (χ2v) is 8.46. The fourth-order valence-corrected chi connectivity index (χ4v) is 3.67. The van der Waals surface area contributed by atoms with E-state index in [0.717, 1.165) is 4.31 Å². The number of nitrogens with one attached hydrogen (secondary N) is 2. The lowest BCUT2D eigenvalue weighted by Crippen LogP contribution is -2.37. The van der Waals surface area contributed by atoms with E-state index in [0.29, 0.717) is 11.1 Å². The lowest BCUT2D eigenvalue weighted by molar-refractivity contribution is 0.237. The number of benzene rings is 2. The molecule has 7 nitrogen and oxygen atoms in total. The van der Waals surface area contributed by atoms with Crippen LogP contribution in [0, 0.1) is 5.82 Å². The van der Waals surface area contributed by atoms with Gasteiger partial charge < -0.3 is 15.4 Å². The molecule has 0 radical (unpaired) electrons. The molecule has 1 atom stereocenters. The van der Waals surface area contributed by atoms with Gasteiger partial charge in [-0.2, -0.15) is 0 Å². The maximum absolute atomic E-state index is 13.8. The molecule has 9 heteroatoms. The van der Waals surface area contributed by atoms with Crippen LogP contribution in [-0.2, 0) is 16.6 Å². The van der Waals surface area contributed by atoms with Crippen LogP contribution >= 0.6 is 0 Å². The Morgan fingerprint density at radius 1 is 1.21 bits per heavy atom.